The van der Waals surface area contributed by atoms with Crippen molar-refractivity contribution in [1.29, 1.82) is 0 Å². The first-order valence-corrected chi connectivity index (χ1v) is 11.8. The average Bonchev–Trinajstić information content (AvgIpc) is 3.58. The molecule has 1 aromatic carbocycles. The first-order valence-electron chi connectivity index (χ1n) is 10.4. The predicted octanol–water partition coefficient (Wildman–Crippen LogP) is 3.40. The van der Waals surface area contributed by atoms with Gasteiger partial charge in [0.2, 0.25) is 15.9 Å². The van der Waals surface area contributed by atoms with Crippen molar-refractivity contribution in [2.75, 3.05) is 25.5 Å². The van der Waals surface area contributed by atoms with E-state index in [9.17, 15) is 13.2 Å². The number of rotatable bonds is 6. The van der Waals surface area contributed by atoms with Crippen molar-refractivity contribution >= 4 is 21.6 Å². The molecule has 30 heavy (non-hydrogen) atoms. The number of nitrogens with one attached hydrogen (secondary N) is 1. The number of carbonyl (C=O) groups excluding carboxylic acids is 1. The van der Waals surface area contributed by atoms with E-state index in [0.717, 1.165) is 37.7 Å². The summed E-state index contributed by atoms with van der Waals surface area (Å²) in [4.78, 5) is 17.0. The van der Waals surface area contributed by atoms with Gasteiger partial charge >= 0.3 is 0 Å². The highest BCUT2D eigenvalue weighted by atomic mass is 32.2. The number of methoxy groups -OCH3 is 1. The van der Waals surface area contributed by atoms with Crippen molar-refractivity contribution in [3.63, 3.8) is 0 Å². The Morgan fingerprint density at radius 3 is 2.47 bits per heavy atom. The van der Waals surface area contributed by atoms with E-state index in [1.165, 1.54) is 13.2 Å². The third kappa shape index (κ3) is 4.34. The summed E-state index contributed by atoms with van der Waals surface area (Å²) in [7, 11) is -2.10. The summed E-state index contributed by atoms with van der Waals surface area (Å²) in [6.45, 7) is 1.07. The van der Waals surface area contributed by atoms with Crippen LogP contribution in [0.15, 0.2) is 47.6 Å². The molecule has 2 heterocycles. The summed E-state index contributed by atoms with van der Waals surface area (Å²) < 4.78 is 33.2. The first-order chi connectivity index (χ1) is 14.5. The van der Waals surface area contributed by atoms with Crippen LogP contribution in [0.25, 0.3) is 0 Å². The first kappa shape index (κ1) is 20.8. The van der Waals surface area contributed by atoms with E-state index in [4.69, 9.17) is 4.74 Å². The predicted molar refractivity (Wildman–Crippen MR) is 114 cm³/mol. The van der Waals surface area contributed by atoms with Gasteiger partial charge in [0.05, 0.1) is 17.7 Å². The number of ether oxygens (including phenoxy) is 1. The van der Waals surface area contributed by atoms with Gasteiger partial charge in [-0.05, 0) is 61.1 Å². The number of hydrogen-bond donors (Lipinski definition) is 1. The molecule has 1 aliphatic carbocycles. The van der Waals surface area contributed by atoms with Gasteiger partial charge in [0.25, 0.3) is 0 Å². The molecule has 1 N–H and O–H groups in total. The fourth-order valence-corrected chi connectivity index (χ4v) is 5.61. The van der Waals surface area contributed by atoms with Gasteiger partial charge < -0.3 is 10.1 Å². The third-order valence-electron chi connectivity index (χ3n) is 5.89. The van der Waals surface area contributed by atoms with Crippen molar-refractivity contribution in [2.24, 2.45) is 5.92 Å². The van der Waals surface area contributed by atoms with Crippen LogP contribution in [0.3, 0.4) is 0 Å². The highest BCUT2D eigenvalue weighted by Gasteiger charge is 2.44. The Labute approximate surface area is 177 Å². The smallest absolute Gasteiger partial charge is 0.243 e. The number of sulfonamides is 1. The summed E-state index contributed by atoms with van der Waals surface area (Å²) in [5.74, 6) is 0.352. The van der Waals surface area contributed by atoms with Crippen LogP contribution in [-0.4, -0.2) is 43.8 Å². The van der Waals surface area contributed by atoms with Crippen molar-refractivity contribution in [1.82, 2.24) is 9.29 Å². The van der Waals surface area contributed by atoms with Crippen molar-refractivity contribution in [3.8, 4) is 5.75 Å². The maximum Gasteiger partial charge on any atom is 0.243 e. The molecule has 1 saturated carbocycles. The lowest BCUT2D eigenvalue weighted by Crippen LogP contribution is -2.32. The largest absolute Gasteiger partial charge is 0.495 e. The van der Waals surface area contributed by atoms with E-state index in [1.807, 2.05) is 12.1 Å². The van der Waals surface area contributed by atoms with Gasteiger partial charge in [-0.15, -0.1) is 0 Å². The van der Waals surface area contributed by atoms with Gasteiger partial charge in [-0.2, -0.15) is 4.31 Å². The fraction of sp³-hybridized carbons (Fsp3) is 0.455. The zero-order valence-corrected chi connectivity index (χ0v) is 17.9. The molecule has 1 aromatic heterocycles. The Balaban J connectivity index is 1.52. The normalized spacial score (nSPS) is 22.2. The number of benzene rings is 1. The molecule has 2 fully saturated rings. The van der Waals surface area contributed by atoms with Crippen LogP contribution in [0.2, 0.25) is 0 Å². The number of anilines is 1. The maximum absolute atomic E-state index is 13.1. The minimum atomic E-state index is -3.61. The molecular weight excluding hydrogens is 402 g/mol. The minimum Gasteiger partial charge on any atom is -0.495 e. The summed E-state index contributed by atoms with van der Waals surface area (Å²) in [5, 5.41) is 2.89. The van der Waals surface area contributed by atoms with Crippen LogP contribution in [0.1, 0.15) is 43.6 Å². The van der Waals surface area contributed by atoms with Gasteiger partial charge in [0.15, 0.2) is 0 Å². The van der Waals surface area contributed by atoms with Crippen LogP contribution in [0, 0.1) is 5.92 Å². The van der Waals surface area contributed by atoms with Crippen LogP contribution in [0.4, 0.5) is 5.69 Å². The zero-order valence-electron chi connectivity index (χ0n) is 17.1. The second-order valence-corrected chi connectivity index (χ2v) is 9.84. The topological polar surface area (TPSA) is 88.6 Å². The quantitative estimate of drug-likeness (QED) is 0.760. The number of aromatic nitrogens is 1. The third-order valence-corrected chi connectivity index (χ3v) is 7.79. The highest BCUT2D eigenvalue weighted by molar-refractivity contribution is 7.89. The number of hydrogen-bond acceptors (Lipinski definition) is 5. The van der Waals surface area contributed by atoms with Crippen LogP contribution >= 0.6 is 0 Å². The average molecular weight is 430 g/mol. The van der Waals surface area contributed by atoms with E-state index in [2.05, 4.69) is 10.3 Å². The monoisotopic (exact) mass is 429 g/mol. The standard InChI is InChI=1S/C22H27N3O4S/c1-29-21-7-6-17(30(27,28)25-12-4-2-3-5-13-25)14-20(21)24-22(26)19-15-18(19)16-8-10-23-11-9-16/h6-11,14,18-19H,2-5,12-13,15H2,1H3,(H,24,26). The number of nitrogens with zero attached hydrogens (tertiary/aromatic N) is 2. The zero-order chi connectivity index (χ0) is 21.1. The van der Waals surface area contributed by atoms with Crippen molar-refractivity contribution in [2.45, 2.75) is 42.9 Å². The van der Waals surface area contributed by atoms with Gasteiger partial charge in [-0.25, -0.2) is 8.42 Å². The molecule has 1 amide bonds. The molecule has 8 heteroatoms. The summed E-state index contributed by atoms with van der Waals surface area (Å²) in [6.07, 6.45) is 8.07. The van der Waals surface area contributed by atoms with Crippen molar-refractivity contribution < 1.29 is 17.9 Å². The van der Waals surface area contributed by atoms with Crippen LogP contribution in [-0.2, 0) is 14.8 Å². The van der Waals surface area contributed by atoms with E-state index < -0.39 is 10.0 Å². The van der Waals surface area contributed by atoms with E-state index in [0.29, 0.717) is 24.5 Å². The number of pyridine rings is 1. The molecule has 1 aliphatic heterocycles. The molecule has 0 spiro atoms. The molecule has 7 nitrogen and oxygen atoms in total. The molecule has 2 unspecified atom stereocenters. The van der Waals surface area contributed by atoms with Gasteiger partial charge in [0.1, 0.15) is 5.75 Å². The molecule has 0 radical (unpaired) electrons. The van der Waals surface area contributed by atoms with E-state index in [1.54, 1.807) is 28.8 Å². The molecule has 1 saturated heterocycles. The number of amides is 1. The lowest BCUT2D eigenvalue weighted by molar-refractivity contribution is -0.117. The summed E-state index contributed by atoms with van der Waals surface area (Å²) in [6, 6.07) is 8.51. The lowest BCUT2D eigenvalue weighted by Gasteiger charge is -2.21. The molecule has 2 aromatic rings. The highest BCUT2D eigenvalue weighted by Crippen LogP contribution is 2.48. The minimum absolute atomic E-state index is 0.126. The summed E-state index contributed by atoms with van der Waals surface area (Å²) >= 11 is 0. The van der Waals surface area contributed by atoms with E-state index >= 15 is 0 Å². The Morgan fingerprint density at radius 1 is 1.10 bits per heavy atom. The fourth-order valence-electron chi connectivity index (χ4n) is 4.07. The van der Waals surface area contributed by atoms with Crippen LogP contribution < -0.4 is 10.1 Å². The maximum atomic E-state index is 13.1. The van der Waals surface area contributed by atoms with E-state index in [-0.39, 0.29) is 22.6 Å². The number of carbonyl (C=O) groups is 1. The second-order valence-electron chi connectivity index (χ2n) is 7.90. The molecule has 160 valence electrons. The van der Waals surface area contributed by atoms with Crippen LogP contribution in [0.5, 0.6) is 5.75 Å². The molecule has 4 rings (SSSR count). The Hall–Kier alpha value is -2.45. The van der Waals surface area contributed by atoms with Gasteiger partial charge in [-0.1, -0.05) is 12.8 Å². The van der Waals surface area contributed by atoms with Gasteiger partial charge in [-0.3, -0.25) is 9.78 Å². The molecule has 2 atom stereocenters. The SMILES string of the molecule is COc1ccc(S(=O)(=O)N2CCCCCC2)cc1NC(=O)C1CC1c1ccncc1. The van der Waals surface area contributed by atoms with Gasteiger partial charge in [0, 0.05) is 31.4 Å². The molecule has 0 bridgehead atoms. The Kier molecular flexibility index (Phi) is 6.06. The molecular formula is C22H27N3O4S. The second kappa shape index (κ2) is 8.73. The van der Waals surface area contributed by atoms with Crippen molar-refractivity contribution in [3.05, 3.63) is 48.3 Å². The molecule has 2 aliphatic rings. The Bertz CT molecular complexity index is 1000. The lowest BCUT2D eigenvalue weighted by atomic mass is 10.1. The summed E-state index contributed by atoms with van der Waals surface area (Å²) in [5.41, 5.74) is 1.48. The Morgan fingerprint density at radius 2 is 1.80 bits per heavy atom.